The van der Waals surface area contributed by atoms with Gasteiger partial charge in [0.15, 0.2) is 0 Å². The molecule has 1 amide bonds. The molecule has 3 heteroatoms. The lowest BCUT2D eigenvalue weighted by molar-refractivity contribution is -0.127. The van der Waals surface area contributed by atoms with Crippen molar-refractivity contribution in [3.05, 3.63) is 53.6 Å². The molecule has 0 fully saturated rings. The third-order valence-electron chi connectivity index (χ3n) is 3.96. The fourth-order valence-electron chi connectivity index (χ4n) is 2.66. The van der Waals surface area contributed by atoms with Crippen LogP contribution in [0.15, 0.2) is 42.5 Å². The van der Waals surface area contributed by atoms with E-state index < -0.39 is 0 Å². The van der Waals surface area contributed by atoms with Gasteiger partial charge in [-0.3, -0.25) is 4.79 Å². The smallest absolute Gasteiger partial charge is 0.226 e. The Morgan fingerprint density at radius 3 is 2.17 bits per heavy atom. The number of rotatable bonds is 3. The minimum absolute atomic E-state index is 0.0373. The fourth-order valence-corrected chi connectivity index (χ4v) is 2.66. The molecule has 0 aliphatic heterocycles. The molecule has 0 radical (unpaired) electrons. The molecule has 2 aromatic rings. The second kappa shape index (κ2) is 6.45. The molecule has 0 saturated carbocycles. The maximum absolute atomic E-state index is 12.2. The number of phenols is 1. The van der Waals surface area contributed by atoms with E-state index in [1.165, 1.54) is 5.56 Å². The molecule has 2 aromatic carbocycles. The fraction of sp³-hybridized carbons (Fsp3) is 0.350. The summed E-state index contributed by atoms with van der Waals surface area (Å²) in [6, 6.07) is 13.3. The zero-order valence-electron chi connectivity index (χ0n) is 14.6. The molecular weight excluding hydrogens is 286 g/mol. The Labute approximate surface area is 138 Å². The minimum atomic E-state index is -0.0373. The van der Waals surface area contributed by atoms with E-state index in [2.05, 4.69) is 26.8 Å². The van der Waals surface area contributed by atoms with Crippen LogP contribution < -0.4 is 0 Å². The van der Waals surface area contributed by atoms with Gasteiger partial charge in [0.2, 0.25) is 5.91 Å². The first-order valence-corrected chi connectivity index (χ1v) is 7.82. The zero-order chi connectivity index (χ0) is 17.2. The largest absolute Gasteiger partial charge is 0.508 e. The van der Waals surface area contributed by atoms with Gasteiger partial charge < -0.3 is 10.0 Å². The molecule has 3 nitrogen and oxygen atoms in total. The molecule has 0 aliphatic carbocycles. The van der Waals surface area contributed by atoms with Crippen LogP contribution in [0.1, 0.15) is 31.9 Å². The van der Waals surface area contributed by atoms with E-state index in [-0.39, 0.29) is 17.1 Å². The van der Waals surface area contributed by atoms with Gasteiger partial charge in [0.05, 0.1) is 6.42 Å². The molecule has 0 saturated heterocycles. The van der Waals surface area contributed by atoms with Crippen molar-refractivity contribution >= 4 is 5.91 Å². The summed E-state index contributed by atoms with van der Waals surface area (Å²) in [6.07, 6.45) is 0.368. The maximum Gasteiger partial charge on any atom is 0.226 e. The SMILES string of the molecule is CN(C)C(=O)Cc1cccc(C(C)(C)C)c1-c1ccc(O)cc1. The van der Waals surface area contributed by atoms with Crippen LogP contribution in [-0.2, 0) is 16.6 Å². The van der Waals surface area contributed by atoms with Crippen molar-refractivity contribution in [3.63, 3.8) is 0 Å². The average Bonchev–Trinajstić information content (AvgIpc) is 2.47. The van der Waals surface area contributed by atoms with Crippen LogP contribution in [0.4, 0.5) is 0 Å². The minimum Gasteiger partial charge on any atom is -0.508 e. The van der Waals surface area contributed by atoms with Crippen LogP contribution in [-0.4, -0.2) is 30.0 Å². The van der Waals surface area contributed by atoms with Crippen molar-refractivity contribution < 1.29 is 9.90 Å². The summed E-state index contributed by atoms with van der Waals surface area (Å²) in [5.74, 6) is 0.323. The predicted molar refractivity (Wildman–Crippen MR) is 94.6 cm³/mol. The lowest BCUT2D eigenvalue weighted by atomic mass is 9.79. The number of hydrogen-bond acceptors (Lipinski definition) is 2. The van der Waals surface area contributed by atoms with Crippen LogP contribution in [0.25, 0.3) is 11.1 Å². The Bertz CT molecular complexity index is 695. The number of likely N-dealkylation sites (N-methyl/N-ethyl adjacent to an activating group) is 1. The quantitative estimate of drug-likeness (QED) is 0.931. The van der Waals surface area contributed by atoms with Crippen LogP contribution >= 0.6 is 0 Å². The third kappa shape index (κ3) is 3.92. The van der Waals surface area contributed by atoms with Gasteiger partial charge in [-0.1, -0.05) is 51.1 Å². The summed E-state index contributed by atoms with van der Waals surface area (Å²) < 4.78 is 0. The molecule has 1 N–H and O–H groups in total. The first kappa shape index (κ1) is 17.1. The lowest BCUT2D eigenvalue weighted by Crippen LogP contribution is -2.24. The number of carbonyl (C=O) groups excluding carboxylic acids is 1. The molecule has 122 valence electrons. The van der Waals surface area contributed by atoms with Crippen LogP contribution in [0, 0.1) is 0 Å². The van der Waals surface area contributed by atoms with Gasteiger partial charge in [-0.15, -0.1) is 0 Å². The maximum atomic E-state index is 12.2. The zero-order valence-corrected chi connectivity index (χ0v) is 14.6. The van der Waals surface area contributed by atoms with Gasteiger partial charge in [0, 0.05) is 14.1 Å². The Kier molecular flexibility index (Phi) is 4.79. The highest BCUT2D eigenvalue weighted by Crippen LogP contribution is 2.36. The lowest BCUT2D eigenvalue weighted by Gasteiger charge is -2.25. The highest BCUT2D eigenvalue weighted by atomic mass is 16.3. The van der Waals surface area contributed by atoms with Crippen molar-refractivity contribution in [1.82, 2.24) is 4.90 Å². The monoisotopic (exact) mass is 311 g/mol. The van der Waals surface area contributed by atoms with Crippen molar-refractivity contribution in [2.45, 2.75) is 32.6 Å². The Morgan fingerprint density at radius 1 is 1.04 bits per heavy atom. The molecule has 0 spiro atoms. The Balaban J connectivity index is 2.63. The predicted octanol–water partition coefficient (Wildman–Crippen LogP) is 3.99. The number of benzene rings is 2. The van der Waals surface area contributed by atoms with E-state index in [1.807, 2.05) is 24.3 Å². The molecular formula is C20H25NO2. The van der Waals surface area contributed by atoms with Crippen LogP contribution in [0.5, 0.6) is 5.75 Å². The first-order valence-electron chi connectivity index (χ1n) is 7.82. The van der Waals surface area contributed by atoms with E-state index in [9.17, 15) is 9.90 Å². The van der Waals surface area contributed by atoms with E-state index in [1.54, 1.807) is 31.1 Å². The first-order chi connectivity index (χ1) is 10.7. The number of nitrogens with zero attached hydrogens (tertiary/aromatic N) is 1. The van der Waals surface area contributed by atoms with Crippen molar-refractivity contribution in [2.24, 2.45) is 0 Å². The number of phenolic OH excluding ortho intramolecular Hbond substituents is 1. The molecule has 0 aliphatic rings. The number of amides is 1. The molecule has 0 unspecified atom stereocenters. The summed E-state index contributed by atoms with van der Waals surface area (Å²) in [4.78, 5) is 13.8. The van der Waals surface area contributed by atoms with E-state index in [4.69, 9.17) is 0 Å². The Morgan fingerprint density at radius 2 is 1.65 bits per heavy atom. The number of hydrogen-bond donors (Lipinski definition) is 1. The highest BCUT2D eigenvalue weighted by Gasteiger charge is 2.22. The normalized spacial score (nSPS) is 11.3. The van der Waals surface area contributed by atoms with E-state index >= 15 is 0 Å². The van der Waals surface area contributed by atoms with Gasteiger partial charge in [-0.05, 0) is 39.8 Å². The topological polar surface area (TPSA) is 40.5 Å². The van der Waals surface area contributed by atoms with Gasteiger partial charge in [0.1, 0.15) is 5.75 Å². The second-order valence-electron chi connectivity index (χ2n) is 7.10. The summed E-state index contributed by atoms with van der Waals surface area (Å²) in [5, 5.41) is 9.56. The Hall–Kier alpha value is -2.29. The number of carbonyl (C=O) groups is 1. The molecule has 0 bridgehead atoms. The van der Waals surface area contributed by atoms with Gasteiger partial charge in [-0.2, -0.15) is 0 Å². The van der Waals surface area contributed by atoms with Gasteiger partial charge in [0.25, 0.3) is 0 Å². The highest BCUT2D eigenvalue weighted by molar-refractivity contribution is 5.83. The van der Waals surface area contributed by atoms with Crippen molar-refractivity contribution in [3.8, 4) is 16.9 Å². The summed E-state index contributed by atoms with van der Waals surface area (Å²) in [7, 11) is 3.55. The summed E-state index contributed by atoms with van der Waals surface area (Å²) in [6.45, 7) is 6.51. The van der Waals surface area contributed by atoms with Gasteiger partial charge >= 0.3 is 0 Å². The van der Waals surface area contributed by atoms with Crippen molar-refractivity contribution in [1.29, 1.82) is 0 Å². The number of aromatic hydroxyl groups is 1. The third-order valence-corrected chi connectivity index (χ3v) is 3.96. The van der Waals surface area contributed by atoms with Crippen LogP contribution in [0.2, 0.25) is 0 Å². The van der Waals surface area contributed by atoms with E-state index in [0.29, 0.717) is 6.42 Å². The molecule has 0 heterocycles. The standard InChI is InChI=1S/C20H25NO2/c1-20(2,3)17-8-6-7-15(13-18(23)21(4)5)19(17)14-9-11-16(22)12-10-14/h6-12,22H,13H2,1-5H3. The average molecular weight is 311 g/mol. The summed E-state index contributed by atoms with van der Waals surface area (Å²) >= 11 is 0. The molecule has 2 rings (SSSR count). The second-order valence-corrected chi connectivity index (χ2v) is 7.10. The van der Waals surface area contributed by atoms with E-state index in [0.717, 1.165) is 16.7 Å². The summed E-state index contributed by atoms with van der Waals surface area (Å²) in [5.41, 5.74) is 4.30. The van der Waals surface area contributed by atoms with Crippen LogP contribution in [0.3, 0.4) is 0 Å². The molecule has 0 atom stereocenters. The molecule has 0 aromatic heterocycles. The van der Waals surface area contributed by atoms with Gasteiger partial charge in [-0.25, -0.2) is 0 Å². The molecule has 23 heavy (non-hydrogen) atoms. The van der Waals surface area contributed by atoms with Crippen molar-refractivity contribution in [2.75, 3.05) is 14.1 Å².